The average molecular weight is 216 g/mol. The Balaban J connectivity index is -0.000000140. The van der Waals surface area contributed by atoms with Gasteiger partial charge in [-0.25, -0.2) is 9.18 Å². The summed E-state index contributed by atoms with van der Waals surface area (Å²) < 4.78 is 28.5. The molecule has 2 N–H and O–H groups in total. The van der Waals surface area contributed by atoms with Gasteiger partial charge in [0, 0.05) is 6.61 Å². The van der Waals surface area contributed by atoms with Gasteiger partial charge in [-0.2, -0.15) is 8.42 Å². The van der Waals surface area contributed by atoms with Crippen molar-refractivity contribution in [2.75, 3.05) is 6.61 Å². The van der Waals surface area contributed by atoms with Crippen LogP contribution < -0.4 is 0 Å². The number of aliphatic hydroxyl groups excluding tert-OH is 1. The summed E-state index contributed by atoms with van der Waals surface area (Å²) in [6.45, 7) is 3.92. The fourth-order valence-corrected chi connectivity index (χ4v) is 0. The minimum atomic E-state index is -2.08. The molecule has 0 bridgehead atoms. The van der Waals surface area contributed by atoms with Gasteiger partial charge in [0.15, 0.2) is 0 Å². The Morgan fingerprint density at radius 3 is 1.54 bits per heavy atom. The Kier molecular flexibility index (Phi) is 15.5. The van der Waals surface area contributed by atoms with Gasteiger partial charge in [-0.05, 0) is 20.8 Å². The van der Waals surface area contributed by atoms with E-state index in [9.17, 15) is 9.18 Å². The SMILES string of the molecule is CC(C)(F)C(=O)O.CCO.O=S=O. The zero-order chi connectivity index (χ0) is 11.5. The lowest BCUT2D eigenvalue weighted by Crippen LogP contribution is -2.24. The number of alkyl halides is 1. The Morgan fingerprint density at radius 1 is 1.46 bits per heavy atom. The van der Waals surface area contributed by atoms with Crippen LogP contribution in [0.1, 0.15) is 20.8 Å². The van der Waals surface area contributed by atoms with Gasteiger partial charge >= 0.3 is 17.5 Å². The van der Waals surface area contributed by atoms with Crippen molar-refractivity contribution in [2.24, 2.45) is 0 Å². The summed E-state index contributed by atoms with van der Waals surface area (Å²) in [4.78, 5) is 9.65. The second-order valence-electron chi connectivity index (χ2n) is 2.16. The number of rotatable bonds is 1. The van der Waals surface area contributed by atoms with Crippen molar-refractivity contribution in [1.82, 2.24) is 0 Å². The van der Waals surface area contributed by atoms with Crippen LogP contribution in [0.3, 0.4) is 0 Å². The van der Waals surface area contributed by atoms with Crippen molar-refractivity contribution >= 4 is 17.5 Å². The second kappa shape index (κ2) is 11.2. The van der Waals surface area contributed by atoms with Crippen LogP contribution in [0.2, 0.25) is 0 Å². The molecule has 0 aliphatic carbocycles. The summed E-state index contributed by atoms with van der Waals surface area (Å²) in [5.74, 6) is -1.42. The molecular formula is C6H13FO5S. The molecule has 7 heteroatoms. The van der Waals surface area contributed by atoms with Crippen LogP contribution in [0.4, 0.5) is 4.39 Å². The smallest absolute Gasteiger partial charge is 0.340 e. The van der Waals surface area contributed by atoms with Crippen LogP contribution in [0, 0.1) is 0 Å². The largest absolute Gasteiger partial charge is 0.479 e. The van der Waals surface area contributed by atoms with Gasteiger partial charge in [-0.3, -0.25) is 0 Å². The Hall–Kier alpha value is -0.820. The minimum absolute atomic E-state index is 0.250. The highest BCUT2D eigenvalue weighted by Gasteiger charge is 2.24. The minimum Gasteiger partial charge on any atom is -0.479 e. The van der Waals surface area contributed by atoms with Gasteiger partial charge in [0.1, 0.15) is 0 Å². The summed E-state index contributed by atoms with van der Waals surface area (Å²) in [5.41, 5.74) is -2.08. The molecule has 0 fully saturated rings. The van der Waals surface area contributed by atoms with Crippen molar-refractivity contribution in [3.63, 3.8) is 0 Å². The maximum absolute atomic E-state index is 11.9. The molecule has 13 heavy (non-hydrogen) atoms. The molecule has 0 rings (SSSR count). The van der Waals surface area contributed by atoms with E-state index in [-0.39, 0.29) is 6.61 Å². The molecule has 5 nitrogen and oxygen atoms in total. The van der Waals surface area contributed by atoms with Gasteiger partial charge < -0.3 is 10.2 Å². The van der Waals surface area contributed by atoms with Crippen LogP contribution in [0.5, 0.6) is 0 Å². The molecule has 0 aromatic heterocycles. The first-order valence-corrected chi connectivity index (χ1v) is 3.89. The fourth-order valence-electron chi connectivity index (χ4n) is 0. The lowest BCUT2D eigenvalue weighted by atomic mass is 10.2. The summed E-state index contributed by atoms with van der Waals surface area (Å²) >= 11 is -0.750. The number of carbonyl (C=O) groups is 1. The van der Waals surface area contributed by atoms with Gasteiger partial charge in [0.05, 0.1) is 0 Å². The number of aliphatic carboxylic acids is 1. The Bertz CT molecular complexity index is 159. The van der Waals surface area contributed by atoms with E-state index < -0.39 is 23.2 Å². The number of aliphatic hydroxyl groups is 1. The molecule has 0 spiro atoms. The number of hydrogen-bond acceptors (Lipinski definition) is 4. The van der Waals surface area contributed by atoms with Crippen molar-refractivity contribution in [1.29, 1.82) is 0 Å². The molecule has 0 amide bonds. The molecule has 0 saturated carbocycles. The summed E-state index contributed by atoms with van der Waals surface area (Å²) in [5, 5.41) is 15.4. The monoisotopic (exact) mass is 216 g/mol. The highest BCUT2D eigenvalue weighted by atomic mass is 32.1. The predicted octanol–water partition coefficient (Wildman–Crippen LogP) is 0.148. The van der Waals surface area contributed by atoms with E-state index in [2.05, 4.69) is 0 Å². The van der Waals surface area contributed by atoms with E-state index in [1.807, 2.05) is 0 Å². The first-order chi connectivity index (χ1) is 5.77. The molecule has 0 heterocycles. The molecule has 0 unspecified atom stereocenters. The van der Waals surface area contributed by atoms with Crippen molar-refractivity contribution in [3.8, 4) is 0 Å². The third-order valence-corrected chi connectivity index (χ3v) is 0.509. The molecular weight excluding hydrogens is 203 g/mol. The summed E-state index contributed by atoms with van der Waals surface area (Å²) in [6, 6.07) is 0. The lowest BCUT2D eigenvalue weighted by molar-refractivity contribution is -0.148. The molecule has 80 valence electrons. The van der Waals surface area contributed by atoms with Gasteiger partial charge in [0.25, 0.3) is 0 Å². The zero-order valence-corrected chi connectivity index (χ0v) is 8.43. The van der Waals surface area contributed by atoms with E-state index in [0.29, 0.717) is 0 Å². The predicted molar refractivity (Wildman–Crippen MR) is 44.5 cm³/mol. The Morgan fingerprint density at radius 2 is 1.54 bits per heavy atom. The van der Waals surface area contributed by atoms with Gasteiger partial charge in [0.2, 0.25) is 5.67 Å². The van der Waals surface area contributed by atoms with E-state index in [0.717, 1.165) is 13.8 Å². The number of halogens is 1. The molecule has 0 radical (unpaired) electrons. The molecule has 0 aliphatic heterocycles. The zero-order valence-electron chi connectivity index (χ0n) is 7.61. The maximum Gasteiger partial charge on any atom is 0.340 e. The molecule has 0 aromatic carbocycles. The van der Waals surface area contributed by atoms with Gasteiger partial charge in [-0.15, -0.1) is 0 Å². The second-order valence-corrected chi connectivity index (χ2v) is 2.30. The van der Waals surface area contributed by atoms with E-state index in [4.69, 9.17) is 18.6 Å². The first kappa shape index (κ1) is 18.1. The normalized spacial score (nSPS) is 8.38. The molecule has 0 saturated heterocycles. The van der Waals surface area contributed by atoms with Crippen molar-refractivity contribution < 1.29 is 27.8 Å². The fraction of sp³-hybridized carbons (Fsp3) is 0.833. The number of hydrogen-bond donors (Lipinski definition) is 2. The van der Waals surface area contributed by atoms with Crippen LogP contribution in [0.15, 0.2) is 0 Å². The maximum atomic E-state index is 11.9. The third kappa shape index (κ3) is 35.1. The van der Waals surface area contributed by atoms with E-state index >= 15 is 0 Å². The molecule has 0 atom stereocenters. The van der Waals surface area contributed by atoms with Crippen LogP contribution in [-0.2, 0) is 16.4 Å². The van der Waals surface area contributed by atoms with Crippen LogP contribution >= 0.6 is 0 Å². The topological polar surface area (TPSA) is 91.7 Å². The van der Waals surface area contributed by atoms with Crippen LogP contribution in [-0.4, -0.2) is 36.9 Å². The van der Waals surface area contributed by atoms with E-state index in [1.54, 1.807) is 6.92 Å². The summed E-state index contributed by atoms with van der Waals surface area (Å²) in [6.07, 6.45) is 0. The molecule has 0 aliphatic rings. The summed E-state index contributed by atoms with van der Waals surface area (Å²) in [7, 11) is 0. The van der Waals surface area contributed by atoms with Gasteiger partial charge in [-0.1, -0.05) is 0 Å². The first-order valence-electron chi connectivity index (χ1n) is 3.22. The Labute approximate surface area is 79.2 Å². The molecule has 0 aromatic rings. The third-order valence-electron chi connectivity index (χ3n) is 0.509. The number of carboxylic acid groups (broad SMARTS) is 1. The highest BCUT2D eigenvalue weighted by Crippen LogP contribution is 2.05. The van der Waals surface area contributed by atoms with E-state index in [1.165, 1.54) is 0 Å². The highest BCUT2D eigenvalue weighted by molar-refractivity contribution is 7.51. The lowest BCUT2D eigenvalue weighted by Gasteiger charge is -2.03. The standard InChI is InChI=1S/C4H7FO2.C2H6O.O2S/c1-4(2,5)3(6)7;1-2-3;1-3-2/h1-2H3,(H,6,7);3H,2H2,1H3;. The quantitative estimate of drug-likeness (QED) is 0.650. The average Bonchev–Trinajstić information content (AvgIpc) is 1.88. The van der Waals surface area contributed by atoms with Crippen molar-refractivity contribution in [3.05, 3.63) is 0 Å². The van der Waals surface area contributed by atoms with Crippen LogP contribution in [0.25, 0.3) is 0 Å². The van der Waals surface area contributed by atoms with Crippen molar-refractivity contribution in [2.45, 2.75) is 26.4 Å². The number of carboxylic acids is 1.